The number of para-hydroxylation sites is 1. The summed E-state index contributed by atoms with van der Waals surface area (Å²) in [4.78, 5) is 24.2. The van der Waals surface area contributed by atoms with Gasteiger partial charge in [-0.3, -0.25) is 4.79 Å². The van der Waals surface area contributed by atoms with Gasteiger partial charge in [0, 0.05) is 5.56 Å². The van der Waals surface area contributed by atoms with Crippen LogP contribution in [-0.4, -0.2) is 32.6 Å². The van der Waals surface area contributed by atoms with E-state index in [-0.39, 0.29) is 17.1 Å². The molecule has 23 heavy (non-hydrogen) atoms. The van der Waals surface area contributed by atoms with Gasteiger partial charge >= 0.3 is 5.97 Å². The van der Waals surface area contributed by atoms with Crippen LogP contribution in [-0.2, 0) is 4.74 Å². The van der Waals surface area contributed by atoms with E-state index in [9.17, 15) is 9.59 Å². The molecule has 0 bridgehead atoms. The number of hydrogen-bond acceptors (Lipinski definition) is 5. The Balaban J connectivity index is 2.12. The Bertz CT molecular complexity index is 727. The van der Waals surface area contributed by atoms with E-state index < -0.39 is 12.6 Å². The lowest BCUT2D eigenvalue weighted by Gasteiger charge is -2.12. The topological polar surface area (TPSA) is 61.8 Å². The van der Waals surface area contributed by atoms with Crippen LogP contribution in [0.2, 0.25) is 5.02 Å². The largest absolute Gasteiger partial charge is 0.493 e. The van der Waals surface area contributed by atoms with Gasteiger partial charge < -0.3 is 14.2 Å². The number of halogens is 1. The first-order valence-electron chi connectivity index (χ1n) is 6.74. The predicted molar refractivity (Wildman–Crippen MR) is 85.6 cm³/mol. The van der Waals surface area contributed by atoms with Crippen molar-refractivity contribution in [2.45, 2.75) is 0 Å². The lowest BCUT2D eigenvalue weighted by molar-refractivity contribution is 0.0471. The third-order valence-corrected chi connectivity index (χ3v) is 3.46. The molecule has 6 heteroatoms. The molecule has 2 aromatic rings. The van der Waals surface area contributed by atoms with Crippen molar-refractivity contribution in [3.8, 4) is 11.5 Å². The maximum atomic E-state index is 12.2. The molecule has 0 atom stereocenters. The van der Waals surface area contributed by atoms with Crippen molar-refractivity contribution in [3.05, 3.63) is 58.6 Å². The highest BCUT2D eigenvalue weighted by Gasteiger charge is 2.19. The fourth-order valence-electron chi connectivity index (χ4n) is 2.02. The minimum absolute atomic E-state index is 0.179. The summed E-state index contributed by atoms with van der Waals surface area (Å²) in [7, 11) is 2.89. The third kappa shape index (κ3) is 3.81. The van der Waals surface area contributed by atoms with Crippen LogP contribution in [0.4, 0.5) is 0 Å². The van der Waals surface area contributed by atoms with Crippen molar-refractivity contribution in [1.29, 1.82) is 0 Å². The standard InChI is InChI=1S/C17H15ClO5/c1-21-15-9-5-7-12(16(15)22-2)17(20)23-10-14(19)11-6-3-4-8-13(11)18/h3-9H,10H2,1-2H3. The zero-order valence-corrected chi connectivity index (χ0v) is 13.4. The second-order valence-electron chi connectivity index (χ2n) is 4.52. The minimum atomic E-state index is -0.679. The zero-order valence-electron chi connectivity index (χ0n) is 12.7. The normalized spacial score (nSPS) is 10.0. The van der Waals surface area contributed by atoms with Gasteiger partial charge in [0.05, 0.1) is 19.2 Å². The number of carbonyl (C=O) groups excluding carboxylic acids is 2. The fourth-order valence-corrected chi connectivity index (χ4v) is 2.26. The molecule has 0 aliphatic heterocycles. The van der Waals surface area contributed by atoms with E-state index in [1.807, 2.05) is 0 Å². The molecule has 0 unspecified atom stereocenters. The van der Waals surface area contributed by atoms with Gasteiger partial charge in [0.1, 0.15) is 5.56 Å². The number of hydrogen-bond donors (Lipinski definition) is 0. The monoisotopic (exact) mass is 334 g/mol. The highest BCUT2D eigenvalue weighted by atomic mass is 35.5. The molecule has 0 heterocycles. The van der Waals surface area contributed by atoms with Crippen molar-refractivity contribution in [3.63, 3.8) is 0 Å². The molecule has 0 fully saturated rings. The first kappa shape index (κ1) is 16.8. The summed E-state index contributed by atoms with van der Waals surface area (Å²) < 4.78 is 15.3. The van der Waals surface area contributed by atoms with E-state index >= 15 is 0 Å². The minimum Gasteiger partial charge on any atom is -0.493 e. The van der Waals surface area contributed by atoms with Gasteiger partial charge in [-0.25, -0.2) is 4.79 Å². The Hall–Kier alpha value is -2.53. The van der Waals surface area contributed by atoms with Crippen LogP contribution in [0.1, 0.15) is 20.7 Å². The van der Waals surface area contributed by atoms with Crippen molar-refractivity contribution in [1.82, 2.24) is 0 Å². The average molecular weight is 335 g/mol. The van der Waals surface area contributed by atoms with Crippen molar-refractivity contribution in [2.75, 3.05) is 20.8 Å². The Kier molecular flexibility index (Phi) is 5.60. The molecule has 120 valence electrons. The Morgan fingerprint density at radius 1 is 0.957 bits per heavy atom. The van der Waals surface area contributed by atoms with Gasteiger partial charge in [-0.1, -0.05) is 29.8 Å². The quantitative estimate of drug-likeness (QED) is 0.598. The third-order valence-electron chi connectivity index (χ3n) is 3.13. The number of benzene rings is 2. The molecule has 5 nitrogen and oxygen atoms in total. The van der Waals surface area contributed by atoms with Crippen LogP contribution in [0.15, 0.2) is 42.5 Å². The number of esters is 1. The van der Waals surface area contributed by atoms with E-state index in [4.69, 9.17) is 25.8 Å². The lowest BCUT2D eigenvalue weighted by Crippen LogP contribution is -2.15. The first-order valence-corrected chi connectivity index (χ1v) is 7.12. The predicted octanol–water partition coefficient (Wildman–Crippen LogP) is 3.40. The molecule has 2 rings (SSSR count). The van der Waals surface area contributed by atoms with E-state index in [1.165, 1.54) is 20.3 Å². The van der Waals surface area contributed by atoms with Gasteiger partial charge in [-0.05, 0) is 24.3 Å². The van der Waals surface area contributed by atoms with Crippen molar-refractivity contribution in [2.24, 2.45) is 0 Å². The van der Waals surface area contributed by atoms with E-state index in [2.05, 4.69) is 0 Å². The van der Waals surface area contributed by atoms with Crippen LogP contribution in [0, 0.1) is 0 Å². The summed E-state index contributed by atoms with van der Waals surface area (Å²) in [6.45, 7) is -0.414. The van der Waals surface area contributed by atoms with E-state index in [0.717, 1.165) is 0 Å². The number of Topliss-reactive ketones (excluding diaryl/α,β-unsaturated/α-hetero) is 1. The van der Waals surface area contributed by atoms with Crippen LogP contribution in [0.25, 0.3) is 0 Å². The molecule has 0 aromatic heterocycles. The highest BCUT2D eigenvalue weighted by Crippen LogP contribution is 2.31. The zero-order chi connectivity index (χ0) is 16.8. The second kappa shape index (κ2) is 7.65. The molecular weight excluding hydrogens is 320 g/mol. The summed E-state index contributed by atoms with van der Waals surface area (Å²) in [5.74, 6) is -0.406. The number of carbonyl (C=O) groups is 2. The molecular formula is C17H15ClO5. The Labute approximate surface area is 138 Å². The number of ketones is 1. The maximum absolute atomic E-state index is 12.2. The summed E-state index contributed by atoms with van der Waals surface area (Å²) in [5.41, 5.74) is 0.485. The summed E-state index contributed by atoms with van der Waals surface area (Å²) >= 11 is 5.94. The summed E-state index contributed by atoms with van der Waals surface area (Å²) in [5, 5.41) is 0.313. The van der Waals surface area contributed by atoms with Crippen LogP contribution in [0.5, 0.6) is 11.5 Å². The Morgan fingerprint density at radius 3 is 2.30 bits per heavy atom. The van der Waals surface area contributed by atoms with Gasteiger partial charge in [-0.2, -0.15) is 0 Å². The fraction of sp³-hybridized carbons (Fsp3) is 0.176. The van der Waals surface area contributed by atoms with E-state index in [0.29, 0.717) is 16.3 Å². The van der Waals surface area contributed by atoms with Crippen molar-refractivity contribution < 1.29 is 23.8 Å². The maximum Gasteiger partial charge on any atom is 0.342 e. The first-order chi connectivity index (χ1) is 11.1. The van der Waals surface area contributed by atoms with Crippen LogP contribution < -0.4 is 9.47 Å². The molecule has 0 aliphatic carbocycles. The average Bonchev–Trinajstić information content (AvgIpc) is 2.58. The molecule has 0 spiro atoms. The van der Waals surface area contributed by atoms with Crippen LogP contribution in [0.3, 0.4) is 0 Å². The molecule has 0 N–H and O–H groups in total. The van der Waals surface area contributed by atoms with Gasteiger partial charge in [0.2, 0.25) is 5.78 Å². The number of methoxy groups -OCH3 is 2. The van der Waals surface area contributed by atoms with Crippen LogP contribution >= 0.6 is 11.6 Å². The lowest BCUT2D eigenvalue weighted by atomic mass is 10.1. The van der Waals surface area contributed by atoms with Gasteiger partial charge in [0.25, 0.3) is 0 Å². The molecule has 0 radical (unpaired) electrons. The van der Waals surface area contributed by atoms with Gasteiger partial charge in [-0.15, -0.1) is 0 Å². The molecule has 0 aliphatic rings. The highest BCUT2D eigenvalue weighted by molar-refractivity contribution is 6.34. The number of ether oxygens (including phenoxy) is 3. The SMILES string of the molecule is COc1cccc(C(=O)OCC(=O)c2ccccc2Cl)c1OC. The van der Waals surface area contributed by atoms with E-state index in [1.54, 1.807) is 36.4 Å². The Morgan fingerprint density at radius 2 is 1.65 bits per heavy atom. The molecule has 0 saturated carbocycles. The van der Waals surface area contributed by atoms with Gasteiger partial charge in [0.15, 0.2) is 18.1 Å². The molecule has 2 aromatic carbocycles. The molecule has 0 amide bonds. The second-order valence-corrected chi connectivity index (χ2v) is 4.93. The molecule has 0 saturated heterocycles. The number of rotatable bonds is 6. The van der Waals surface area contributed by atoms with Crippen molar-refractivity contribution >= 4 is 23.4 Å². The summed E-state index contributed by atoms with van der Waals surface area (Å²) in [6, 6.07) is 11.4. The summed E-state index contributed by atoms with van der Waals surface area (Å²) in [6.07, 6.45) is 0. The smallest absolute Gasteiger partial charge is 0.342 e.